The van der Waals surface area contributed by atoms with Gasteiger partial charge in [-0.1, -0.05) is 60.2 Å². The SMILES string of the molecule is Cc1ccc2cc3ccccc3c(OCC(O)COc3ccccc3C)c2c1. The first-order valence-corrected chi connectivity index (χ1v) is 9.53. The molecule has 142 valence electrons. The third-order valence-electron chi connectivity index (χ3n) is 4.91. The first kappa shape index (κ1) is 18.3. The second-order valence-electron chi connectivity index (χ2n) is 7.19. The minimum atomic E-state index is -0.724. The topological polar surface area (TPSA) is 38.7 Å². The summed E-state index contributed by atoms with van der Waals surface area (Å²) in [6.07, 6.45) is -0.724. The molecule has 0 amide bonds. The molecule has 0 heterocycles. The van der Waals surface area contributed by atoms with Gasteiger partial charge < -0.3 is 14.6 Å². The van der Waals surface area contributed by atoms with Crippen LogP contribution in [0.25, 0.3) is 21.5 Å². The van der Waals surface area contributed by atoms with Crippen LogP contribution in [0.1, 0.15) is 11.1 Å². The molecule has 0 saturated heterocycles. The molecule has 0 aromatic heterocycles. The first-order chi connectivity index (χ1) is 13.6. The van der Waals surface area contributed by atoms with Crippen LogP contribution in [0.2, 0.25) is 0 Å². The lowest BCUT2D eigenvalue weighted by molar-refractivity contribution is 0.0634. The fraction of sp³-hybridized carbons (Fsp3) is 0.200. The number of benzene rings is 4. The Morgan fingerprint density at radius 1 is 0.750 bits per heavy atom. The van der Waals surface area contributed by atoms with Crippen LogP contribution in [0.15, 0.2) is 72.8 Å². The quantitative estimate of drug-likeness (QED) is 0.459. The minimum absolute atomic E-state index is 0.170. The molecule has 0 radical (unpaired) electrons. The average molecular weight is 372 g/mol. The smallest absolute Gasteiger partial charge is 0.135 e. The molecule has 0 bridgehead atoms. The van der Waals surface area contributed by atoms with Crippen molar-refractivity contribution in [1.29, 1.82) is 0 Å². The lowest BCUT2D eigenvalue weighted by Gasteiger charge is -2.17. The first-order valence-electron chi connectivity index (χ1n) is 9.53. The van der Waals surface area contributed by atoms with E-state index in [1.165, 1.54) is 5.56 Å². The molecule has 0 spiro atoms. The van der Waals surface area contributed by atoms with Crippen LogP contribution in [-0.4, -0.2) is 24.4 Å². The van der Waals surface area contributed by atoms with Crippen molar-refractivity contribution in [3.63, 3.8) is 0 Å². The molecule has 0 aliphatic rings. The van der Waals surface area contributed by atoms with E-state index in [9.17, 15) is 5.11 Å². The number of aliphatic hydroxyl groups is 1. The van der Waals surface area contributed by atoms with Gasteiger partial charge in [0.1, 0.15) is 30.8 Å². The van der Waals surface area contributed by atoms with Gasteiger partial charge in [0.25, 0.3) is 0 Å². The Hall–Kier alpha value is -3.04. The van der Waals surface area contributed by atoms with Crippen molar-refractivity contribution in [3.05, 3.63) is 83.9 Å². The van der Waals surface area contributed by atoms with Gasteiger partial charge in [0, 0.05) is 10.8 Å². The Morgan fingerprint density at radius 3 is 2.32 bits per heavy atom. The van der Waals surface area contributed by atoms with Crippen molar-refractivity contribution in [2.75, 3.05) is 13.2 Å². The van der Waals surface area contributed by atoms with Crippen molar-refractivity contribution in [2.24, 2.45) is 0 Å². The van der Waals surface area contributed by atoms with Crippen LogP contribution in [0, 0.1) is 13.8 Å². The third-order valence-corrected chi connectivity index (χ3v) is 4.91. The van der Waals surface area contributed by atoms with Crippen LogP contribution in [0.5, 0.6) is 11.5 Å². The Balaban J connectivity index is 1.56. The molecule has 0 saturated carbocycles. The van der Waals surface area contributed by atoms with Gasteiger partial charge in [0.15, 0.2) is 0 Å². The van der Waals surface area contributed by atoms with E-state index in [1.54, 1.807) is 0 Å². The van der Waals surface area contributed by atoms with Crippen molar-refractivity contribution >= 4 is 21.5 Å². The highest BCUT2D eigenvalue weighted by atomic mass is 16.5. The van der Waals surface area contributed by atoms with Gasteiger partial charge in [-0.15, -0.1) is 0 Å². The summed E-state index contributed by atoms with van der Waals surface area (Å²) in [6.45, 7) is 4.42. The molecule has 0 aliphatic carbocycles. The maximum Gasteiger partial charge on any atom is 0.135 e. The Labute approximate surface area is 165 Å². The highest BCUT2D eigenvalue weighted by molar-refractivity contribution is 6.05. The molecule has 3 heteroatoms. The summed E-state index contributed by atoms with van der Waals surface area (Å²) in [4.78, 5) is 0. The Morgan fingerprint density at radius 2 is 1.46 bits per heavy atom. The van der Waals surface area contributed by atoms with Gasteiger partial charge in [-0.25, -0.2) is 0 Å². The molecule has 1 atom stereocenters. The zero-order chi connectivity index (χ0) is 19.5. The maximum absolute atomic E-state index is 10.4. The summed E-state index contributed by atoms with van der Waals surface area (Å²) in [5.74, 6) is 1.60. The van der Waals surface area contributed by atoms with E-state index in [4.69, 9.17) is 9.47 Å². The lowest BCUT2D eigenvalue weighted by atomic mass is 10.0. The summed E-state index contributed by atoms with van der Waals surface area (Å²) in [5.41, 5.74) is 2.22. The third kappa shape index (κ3) is 3.80. The molecule has 1 unspecified atom stereocenters. The van der Waals surface area contributed by atoms with Gasteiger partial charge in [-0.05, 0) is 48.4 Å². The molecule has 3 nitrogen and oxygen atoms in total. The zero-order valence-corrected chi connectivity index (χ0v) is 16.2. The summed E-state index contributed by atoms with van der Waals surface area (Å²) < 4.78 is 11.9. The normalized spacial score (nSPS) is 12.2. The summed E-state index contributed by atoms with van der Waals surface area (Å²) in [5, 5.41) is 14.8. The number of ether oxygens (including phenoxy) is 2. The predicted molar refractivity (Wildman–Crippen MR) is 114 cm³/mol. The number of aryl methyl sites for hydroxylation is 2. The van der Waals surface area contributed by atoms with Gasteiger partial charge in [-0.2, -0.15) is 0 Å². The summed E-state index contributed by atoms with van der Waals surface area (Å²) >= 11 is 0. The lowest BCUT2D eigenvalue weighted by Crippen LogP contribution is -2.25. The second-order valence-corrected chi connectivity index (χ2v) is 7.19. The molecule has 4 aromatic carbocycles. The zero-order valence-electron chi connectivity index (χ0n) is 16.2. The standard InChI is InChI=1S/C25H24O3/c1-17-11-12-20-14-19-8-4-5-9-22(19)25(23(20)13-17)28-16-21(26)15-27-24-10-6-3-7-18(24)2/h3-14,21,26H,15-16H2,1-2H3. The average Bonchev–Trinajstić information content (AvgIpc) is 2.70. The van der Waals surface area contributed by atoms with E-state index in [0.717, 1.165) is 38.6 Å². The van der Waals surface area contributed by atoms with Crippen LogP contribution < -0.4 is 9.47 Å². The van der Waals surface area contributed by atoms with Gasteiger partial charge in [0.05, 0.1) is 0 Å². The fourth-order valence-corrected chi connectivity index (χ4v) is 3.42. The van der Waals surface area contributed by atoms with Gasteiger partial charge >= 0.3 is 0 Å². The van der Waals surface area contributed by atoms with Crippen molar-refractivity contribution in [3.8, 4) is 11.5 Å². The largest absolute Gasteiger partial charge is 0.490 e. The van der Waals surface area contributed by atoms with Crippen molar-refractivity contribution in [2.45, 2.75) is 20.0 Å². The monoisotopic (exact) mass is 372 g/mol. The molecular formula is C25H24O3. The number of rotatable bonds is 6. The number of hydrogen-bond donors (Lipinski definition) is 1. The maximum atomic E-state index is 10.4. The van der Waals surface area contributed by atoms with Crippen molar-refractivity contribution in [1.82, 2.24) is 0 Å². The number of fused-ring (bicyclic) bond motifs is 2. The van der Waals surface area contributed by atoms with Crippen LogP contribution >= 0.6 is 0 Å². The Kier molecular flexibility index (Phi) is 5.18. The number of aliphatic hydroxyl groups excluding tert-OH is 1. The van der Waals surface area contributed by atoms with E-state index >= 15 is 0 Å². The van der Waals surface area contributed by atoms with Crippen LogP contribution in [0.3, 0.4) is 0 Å². The van der Waals surface area contributed by atoms with E-state index in [0.29, 0.717) is 0 Å². The molecule has 4 aromatic rings. The molecular weight excluding hydrogens is 348 g/mol. The predicted octanol–water partition coefficient (Wildman–Crippen LogP) is 5.43. The molecule has 28 heavy (non-hydrogen) atoms. The van der Waals surface area contributed by atoms with Crippen LogP contribution in [0.4, 0.5) is 0 Å². The molecule has 0 fully saturated rings. The molecule has 1 N–H and O–H groups in total. The summed E-state index contributed by atoms with van der Waals surface area (Å²) in [7, 11) is 0. The minimum Gasteiger partial charge on any atom is -0.490 e. The van der Waals surface area contributed by atoms with Gasteiger partial charge in [0.2, 0.25) is 0 Å². The number of hydrogen-bond acceptors (Lipinski definition) is 3. The second kappa shape index (κ2) is 7.91. The number of para-hydroxylation sites is 1. The van der Waals surface area contributed by atoms with E-state index in [1.807, 2.05) is 43.3 Å². The molecule has 4 rings (SSSR count). The van der Waals surface area contributed by atoms with Crippen molar-refractivity contribution < 1.29 is 14.6 Å². The van der Waals surface area contributed by atoms with Crippen LogP contribution in [-0.2, 0) is 0 Å². The van der Waals surface area contributed by atoms with E-state index in [-0.39, 0.29) is 13.2 Å². The molecule has 0 aliphatic heterocycles. The highest BCUT2D eigenvalue weighted by Gasteiger charge is 2.13. The van der Waals surface area contributed by atoms with E-state index < -0.39 is 6.10 Å². The van der Waals surface area contributed by atoms with E-state index in [2.05, 4.69) is 43.3 Å². The van der Waals surface area contributed by atoms with Gasteiger partial charge in [-0.3, -0.25) is 0 Å². The Bertz CT molecular complexity index is 1120. The highest BCUT2D eigenvalue weighted by Crippen LogP contribution is 2.35. The summed E-state index contributed by atoms with van der Waals surface area (Å²) in [6, 6.07) is 24.5. The fourth-order valence-electron chi connectivity index (χ4n) is 3.42.